The lowest BCUT2D eigenvalue weighted by Gasteiger charge is -2.12. The molecule has 0 bridgehead atoms. The summed E-state index contributed by atoms with van der Waals surface area (Å²) in [5, 5.41) is 15.0. The Morgan fingerprint density at radius 3 is 2.50 bits per heavy atom. The molecule has 1 atom stereocenters. The summed E-state index contributed by atoms with van der Waals surface area (Å²) in [4.78, 5) is 22.8. The summed E-state index contributed by atoms with van der Waals surface area (Å²) in [6.07, 6.45) is -0.104. The zero-order valence-electron chi connectivity index (χ0n) is 12.4. The Hall–Kier alpha value is -1.66. The summed E-state index contributed by atoms with van der Waals surface area (Å²) < 4.78 is 13.3. The molecule has 0 aliphatic rings. The van der Waals surface area contributed by atoms with Crippen LogP contribution in [0.1, 0.15) is 37.9 Å². The van der Waals surface area contributed by atoms with E-state index in [-0.39, 0.29) is 36.2 Å². The third kappa shape index (κ3) is 6.41. The van der Waals surface area contributed by atoms with Crippen LogP contribution in [0.3, 0.4) is 0 Å². The van der Waals surface area contributed by atoms with Gasteiger partial charge in [-0.2, -0.15) is 0 Å². The highest BCUT2D eigenvalue weighted by Crippen LogP contribution is 2.19. The summed E-state index contributed by atoms with van der Waals surface area (Å²) in [6.45, 7) is 2.36. The number of benzene rings is 1. The molecule has 0 saturated heterocycles. The molecular formula is C15H20ClFN2O3. The van der Waals surface area contributed by atoms with Crippen molar-refractivity contribution < 1.29 is 19.1 Å². The second-order valence-corrected chi connectivity index (χ2v) is 5.21. The van der Waals surface area contributed by atoms with E-state index in [2.05, 4.69) is 10.6 Å². The standard InChI is InChI=1S/C15H20ClFN2O3/c1-2-18-14(21)4-3-5-15(22)19-9-13(20)10-6-7-11(16)12(17)8-10/h6-8,13,20H,2-5,9H2,1H3,(H,18,21)(H,19,22). The van der Waals surface area contributed by atoms with Gasteiger partial charge in [0.1, 0.15) is 5.82 Å². The van der Waals surface area contributed by atoms with Crippen molar-refractivity contribution in [2.24, 2.45) is 0 Å². The van der Waals surface area contributed by atoms with Crippen molar-refractivity contribution in [3.8, 4) is 0 Å². The SMILES string of the molecule is CCNC(=O)CCCC(=O)NCC(O)c1ccc(Cl)c(F)c1. The Kier molecular flexibility index (Phi) is 7.84. The van der Waals surface area contributed by atoms with Crippen LogP contribution in [0, 0.1) is 5.82 Å². The molecule has 0 fully saturated rings. The molecule has 22 heavy (non-hydrogen) atoms. The molecule has 2 amide bonds. The molecule has 1 unspecified atom stereocenters. The van der Waals surface area contributed by atoms with Gasteiger partial charge in [-0.05, 0) is 31.0 Å². The molecule has 0 aliphatic carbocycles. The number of aliphatic hydroxyl groups excluding tert-OH is 1. The van der Waals surface area contributed by atoms with Crippen LogP contribution in [-0.2, 0) is 9.59 Å². The molecule has 0 saturated carbocycles. The van der Waals surface area contributed by atoms with Crippen LogP contribution in [0.2, 0.25) is 5.02 Å². The van der Waals surface area contributed by atoms with Crippen LogP contribution in [-0.4, -0.2) is 30.0 Å². The number of carbonyl (C=O) groups excluding carboxylic acids is 2. The highest BCUT2D eigenvalue weighted by atomic mass is 35.5. The van der Waals surface area contributed by atoms with E-state index in [9.17, 15) is 19.1 Å². The molecule has 0 spiro atoms. The van der Waals surface area contributed by atoms with Crippen molar-refractivity contribution in [2.45, 2.75) is 32.3 Å². The van der Waals surface area contributed by atoms with E-state index in [1.807, 2.05) is 6.92 Å². The quantitative estimate of drug-likeness (QED) is 0.681. The first-order valence-electron chi connectivity index (χ1n) is 7.10. The largest absolute Gasteiger partial charge is 0.387 e. The van der Waals surface area contributed by atoms with Crippen LogP contribution in [0.15, 0.2) is 18.2 Å². The van der Waals surface area contributed by atoms with Crippen LogP contribution in [0.5, 0.6) is 0 Å². The number of amides is 2. The second kappa shape index (κ2) is 9.38. The number of hydrogen-bond donors (Lipinski definition) is 3. The molecular weight excluding hydrogens is 311 g/mol. The van der Waals surface area contributed by atoms with Gasteiger partial charge in [0.15, 0.2) is 0 Å². The molecule has 0 radical (unpaired) electrons. The van der Waals surface area contributed by atoms with Gasteiger partial charge in [0, 0.05) is 25.9 Å². The summed E-state index contributed by atoms with van der Waals surface area (Å²) in [7, 11) is 0. The molecule has 7 heteroatoms. The van der Waals surface area contributed by atoms with E-state index >= 15 is 0 Å². The number of rotatable bonds is 8. The first-order valence-corrected chi connectivity index (χ1v) is 7.48. The molecule has 5 nitrogen and oxygen atoms in total. The lowest BCUT2D eigenvalue weighted by atomic mass is 10.1. The predicted molar refractivity (Wildman–Crippen MR) is 81.9 cm³/mol. The van der Waals surface area contributed by atoms with Gasteiger partial charge in [-0.1, -0.05) is 17.7 Å². The summed E-state index contributed by atoms with van der Waals surface area (Å²) in [5.41, 5.74) is 0.338. The van der Waals surface area contributed by atoms with E-state index in [1.165, 1.54) is 12.1 Å². The van der Waals surface area contributed by atoms with E-state index in [0.29, 0.717) is 18.5 Å². The van der Waals surface area contributed by atoms with Gasteiger partial charge < -0.3 is 15.7 Å². The van der Waals surface area contributed by atoms with Gasteiger partial charge in [0.05, 0.1) is 11.1 Å². The van der Waals surface area contributed by atoms with Crippen molar-refractivity contribution in [2.75, 3.05) is 13.1 Å². The number of halogens is 2. The minimum absolute atomic E-state index is 0.0228. The molecule has 1 aromatic rings. The van der Waals surface area contributed by atoms with Crippen molar-refractivity contribution in [3.05, 3.63) is 34.6 Å². The molecule has 0 heterocycles. The van der Waals surface area contributed by atoms with E-state index in [0.717, 1.165) is 6.07 Å². The third-order valence-corrected chi connectivity index (χ3v) is 3.31. The third-order valence-electron chi connectivity index (χ3n) is 3.00. The average molecular weight is 331 g/mol. The Balaban J connectivity index is 2.31. The van der Waals surface area contributed by atoms with E-state index in [4.69, 9.17) is 11.6 Å². The Labute approximate surface area is 133 Å². The zero-order valence-corrected chi connectivity index (χ0v) is 13.1. The van der Waals surface area contributed by atoms with Gasteiger partial charge in [-0.3, -0.25) is 9.59 Å². The summed E-state index contributed by atoms with van der Waals surface area (Å²) in [6, 6.07) is 3.98. The van der Waals surface area contributed by atoms with Gasteiger partial charge in [-0.25, -0.2) is 4.39 Å². The fourth-order valence-corrected chi connectivity index (χ4v) is 1.95. The maximum absolute atomic E-state index is 13.3. The molecule has 122 valence electrons. The fourth-order valence-electron chi connectivity index (χ4n) is 1.83. The lowest BCUT2D eigenvalue weighted by molar-refractivity contribution is -0.122. The molecule has 0 aromatic heterocycles. The van der Waals surface area contributed by atoms with Gasteiger partial charge in [0.25, 0.3) is 0 Å². The van der Waals surface area contributed by atoms with Crippen LogP contribution < -0.4 is 10.6 Å². The second-order valence-electron chi connectivity index (χ2n) is 4.80. The predicted octanol–water partition coefficient (Wildman–Crippen LogP) is 1.94. The average Bonchev–Trinajstić information content (AvgIpc) is 2.48. The van der Waals surface area contributed by atoms with E-state index in [1.54, 1.807) is 0 Å². The molecule has 1 rings (SSSR count). The number of hydrogen-bond acceptors (Lipinski definition) is 3. The summed E-state index contributed by atoms with van der Waals surface area (Å²) in [5.74, 6) is -0.976. The maximum atomic E-state index is 13.3. The van der Waals surface area contributed by atoms with Crippen molar-refractivity contribution in [1.82, 2.24) is 10.6 Å². The van der Waals surface area contributed by atoms with Crippen LogP contribution >= 0.6 is 11.6 Å². The Bertz CT molecular complexity index is 526. The number of carbonyl (C=O) groups is 2. The Morgan fingerprint density at radius 2 is 1.91 bits per heavy atom. The van der Waals surface area contributed by atoms with Gasteiger partial charge >= 0.3 is 0 Å². The normalized spacial score (nSPS) is 11.8. The van der Waals surface area contributed by atoms with E-state index < -0.39 is 11.9 Å². The number of aliphatic hydroxyl groups is 1. The molecule has 3 N–H and O–H groups in total. The van der Waals surface area contributed by atoms with Crippen molar-refractivity contribution in [1.29, 1.82) is 0 Å². The van der Waals surface area contributed by atoms with Crippen LogP contribution in [0.25, 0.3) is 0 Å². The minimum atomic E-state index is -1.01. The minimum Gasteiger partial charge on any atom is -0.387 e. The zero-order chi connectivity index (χ0) is 16.5. The monoisotopic (exact) mass is 330 g/mol. The highest BCUT2D eigenvalue weighted by molar-refractivity contribution is 6.30. The first-order chi connectivity index (χ1) is 10.4. The molecule has 1 aromatic carbocycles. The van der Waals surface area contributed by atoms with Gasteiger partial charge in [-0.15, -0.1) is 0 Å². The van der Waals surface area contributed by atoms with Crippen molar-refractivity contribution >= 4 is 23.4 Å². The highest BCUT2D eigenvalue weighted by Gasteiger charge is 2.12. The Morgan fingerprint density at radius 1 is 1.27 bits per heavy atom. The van der Waals surface area contributed by atoms with Crippen molar-refractivity contribution in [3.63, 3.8) is 0 Å². The molecule has 0 aliphatic heterocycles. The smallest absolute Gasteiger partial charge is 0.220 e. The topological polar surface area (TPSA) is 78.4 Å². The summed E-state index contributed by atoms with van der Waals surface area (Å²) >= 11 is 5.56. The van der Waals surface area contributed by atoms with Crippen LogP contribution in [0.4, 0.5) is 4.39 Å². The maximum Gasteiger partial charge on any atom is 0.220 e. The number of nitrogens with one attached hydrogen (secondary N) is 2. The lowest BCUT2D eigenvalue weighted by Crippen LogP contribution is -2.29. The fraction of sp³-hybridized carbons (Fsp3) is 0.467. The van der Waals surface area contributed by atoms with Gasteiger partial charge in [0.2, 0.25) is 11.8 Å². The first kappa shape index (κ1) is 18.4.